The fourth-order valence-corrected chi connectivity index (χ4v) is 4.91. The second-order valence-corrected chi connectivity index (χ2v) is 8.65. The highest BCUT2D eigenvalue weighted by molar-refractivity contribution is 8.01. The van der Waals surface area contributed by atoms with Crippen LogP contribution in [0.15, 0.2) is 12.3 Å². The van der Waals surface area contributed by atoms with Crippen molar-refractivity contribution in [1.82, 2.24) is 9.99 Å². The van der Waals surface area contributed by atoms with Crippen LogP contribution in [-0.4, -0.2) is 26.5 Å². The maximum absolute atomic E-state index is 12.6. The number of hydrazine groups is 1. The van der Waals surface area contributed by atoms with Crippen molar-refractivity contribution >= 4 is 46.7 Å². The largest absolute Gasteiger partial charge is 0.277 e. The Balaban J connectivity index is 2.20. The summed E-state index contributed by atoms with van der Waals surface area (Å²) in [5.74, 6) is 1.07. The molecular formula is C18H27Cl2N3OS. The van der Waals surface area contributed by atoms with Gasteiger partial charge in [-0.25, -0.2) is 9.99 Å². The van der Waals surface area contributed by atoms with Gasteiger partial charge in [0.25, 0.3) is 5.91 Å². The molecule has 0 atom stereocenters. The van der Waals surface area contributed by atoms with Crippen LogP contribution in [0.2, 0.25) is 10.0 Å². The zero-order valence-corrected chi connectivity index (χ0v) is 17.3. The van der Waals surface area contributed by atoms with Crippen LogP contribution in [0.1, 0.15) is 65.2 Å². The van der Waals surface area contributed by atoms with E-state index in [0.29, 0.717) is 21.6 Å². The molecule has 1 aliphatic rings. The summed E-state index contributed by atoms with van der Waals surface area (Å²) in [6.45, 7) is 4.40. The van der Waals surface area contributed by atoms with Gasteiger partial charge in [0, 0.05) is 6.20 Å². The zero-order chi connectivity index (χ0) is 18.3. The Labute approximate surface area is 165 Å². The molecule has 0 aliphatic carbocycles. The van der Waals surface area contributed by atoms with Gasteiger partial charge >= 0.3 is 0 Å². The van der Waals surface area contributed by atoms with Crippen LogP contribution >= 0.6 is 35.0 Å². The van der Waals surface area contributed by atoms with Gasteiger partial charge in [0.2, 0.25) is 0 Å². The molecule has 1 fully saturated rings. The first kappa shape index (κ1) is 20.7. The fraction of sp³-hybridized carbons (Fsp3) is 0.667. The van der Waals surface area contributed by atoms with E-state index in [9.17, 15) is 4.79 Å². The second kappa shape index (κ2) is 9.89. The SMILES string of the molecule is CCCCCC1(CCCCC)SCC(=O)N1Nc1ncc(Cl)cc1Cl. The van der Waals surface area contributed by atoms with E-state index >= 15 is 0 Å². The van der Waals surface area contributed by atoms with Crippen molar-refractivity contribution < 1.29 is 4.79 Å². The summed E-state index contributed by atoms with van der Waals surface area (Å²) in [6.07, 6.45) is 10.4. The summed E-state index contributed by atoms with van der Waals surface area (Å²) in [7, 11) is 0. The first-order valence-electron chi connectivity index (χ1n) is 9.07. The number of unbranched alkanes of at least 4 members (excludes halogenated alkanes) is 4. The van der Waals surface area contributed by atoms with Gasteiger partial charge in [-0.1, -0.05) is 75.6 Å². The number of nitrogens with one attached hydrogen (secondary N) is 1. The number of rotatable bonds is 10. The lowest BCUT2D eigenvalue weighted by atomic mass is 10.0. The Kier molecular flexibility index (Phi) is 8.17. The molecule has 1 aromatic heterocycles. The van der Waals surface area contributed by atoms with Gasteiger partial charge in [0.05, 0.1) is 15.8 Å². The molecular weight excluding hydrogens is 377 g/mol. The lowest BCUT2D eigenvalue weighted by molar-refractivity contribution is -0.129. The molecule has 1 aromatic rings. The molecule has 0 bridgehead atoms. The number of anilines is 1. The molecule has 2 heterocycles. The van der Waals surface area contributed by atoms with Crippen molar-refractivity contribution in [2.75, 3.05) is 11.2 Å². The predicted molar refractivity (Wildman–Crippen MR) is 108 cm³/mol. The minimum absolute atomic E-state index is 0.0887. The Morgan fingerprint density at radius 3 is 2.40 bits per heavy atom. The first-order chi connectivity index (χ1) is 12.0. The summed E-state index contributed by atoms with van der Waals surface area (Å²) in [5, 5.41) is 2.69. The van der Waals surface area contributed by atoms with E-state index in [1.165, 1.54) is 25.7 Å². The monoisotopic (exact) mass is 403 g/mol. The van der Waals surface area contributed by atoms with Gasteiger partial charge in [-0.3, -0.25) is 10.2 Å². The number of carbonyl (C=O) groups excluding carboxylic acids is 1. The molecule has 0 aromatic carbocycles. The van der Waals surface area contributed by atoms with E-state index in [1.807, 2.05) is 0 Å². The number of carbonyl (C=O) groups is 1. The number of halogens is 2. The highest BCUT2D eigenvalue weighted by atomic mass is 35.5. The lowest BCUT2D eigenvalue weighted by Gasteiger charge is -2.38. The molecule has 0 radical (unpaired) electrons. The number of hydrogen-bond acceptors (Lipinski definition) is 4. The van der Waals surface area contributed by atoms with Crippen LogP contribution in [0, 0.1) is 0 Å². The molecule has 1 saturated heterocycles. The van der Waals surface area contributed by atoms with Crippen molar-refractivity contribution in [3.63, 3.8) is 0 Å². The Bertz CT molecular complexity index is 575. The van der Waals surface area contributed by atoms with Gasteiger partial charge in [0.1, 0.15) is 4.87 Å². The highest BCUT2D eigenvalue weighted by Gasteiger charge is 2.46. The van der Waals surface area contributed by atoms with E-state index in [4.69, 9.17) is 23.2 Å². The molecule has 140 valence electrons. The first-order valence-corrected chi connectivity index (χ1v) is 10.8. The molecule has 1 aliphatic heterocycles. The third-order valence-electron chi connectivity index (χ3n) is 4.49. The van der Waals surface area contributed by atoms with Crippen LogP contribution in [0.4, 0.5) is 5.82 Å². The standard InChI is InChI=1S/C18H27Cl2N3OS/c1-3-5-7-9-18(10-8-6-4-2)23(16(24)13-25-18)22-17-15(20)11-14(19)12-21-17/h11-12H,3-10,13H2,1-2H3,(H,21,22). The summed E-state index contributed by atoms with van der Waals surface area (Å²) in [5.41, 5.74) is 3.19. The van der Waals surface area contributed by atoms with Gasteiger partial charge in [-0.2, -0.15) is 0 Å². The van der Waals surface area contributed by atoms with Crippen molar-refractivity contribution in [2.24, 2.45) is 0 Å². The van der Waals surface area contributed by atoms with Crippen LogP contribution in [0.25, 0.3) is 0 Å². The molecule has 1 amide bonds. The Morgan fingerprint density at radius 2 is 1.84 bits per heavy atom. The minimum atomic E-state index is -0.216. The van der Waals surface area contributed by atoms with Crippen molar-refractivity contribution in [3.8, 4) is 0 Å². The van der Waals surface area contributed by atoms with E-state index in [0.717, 1.165) is 25.7 Å². The zero-order valence-electron chi connectivity index (χ0n) is 15.0. The van der Waals surface area contributed by atoms with E-state index < -0.39 is 0 Å². The molecule has 4 nitrogen and oxygen atoms in total. The number of amides is 1. The average molecular weight is 404 g/mol. The summed E-state index contributed by atoms with van der Waals surface area (Å²) in [6, 6.07) is 1.64. The average Bonchev–Trinajstić information content (AvgIpc) is 2.88. The molecule has 7 heteroatoms. The topological polar surface area (TPSA) is 45.2 Å². The lowest BCUT2D eigenvalue weighted by Crippen LogP contribution is -2.48. The third-order valence-corrected chi connectivity index (χ3v) is 6.50. The van der Waals surface area contributed by atoms with Gasteiger partial charge in [-0.15, -0.1) is 11.8 Å². The number of nitrogens with zero attached hydrogens (tertiary/aromatic N) is 2. The summed E-state index contributed by atoms with van der Waals surface area (Å²) < 4.78 is 0. The summed E-state index contributed by atoms with van der Waals surface area (Å²) in [4.78, 5) is 16.6. The third kappa shape index (κ3) is 5.41. The van der Waals surface area contributed by atoms with Crippen molar-refractivity contribution in [1.29, 1.82) is 0 Å². The van der Waals surface area contributed by atoms with Gasteiger partial charge in [-0.05, 0) is 18.9 Å². The molecule has 1 N–H and O–H groups in total. The fourth-order valence-electron chi connectivity index (χ4n) is 3.11. The van der Waals surface area contributed by atoms with Crippen LogP contribution in [0.5, 0.6) is 0 Å². The molecule has 0 spiro atoms. The normalized spacial score (nSPS) is 16.5. The molecule has 0 unspecified atom stereocenters. The Hall–Kier alpha value is -0.650. The number of thioether (sulfide) groups is 1. The van der Waals surface area contributed by atoms with E-state index in [1.54, 1.807) is 29.0 Å². The minimum Gasteiger partial charge on any atom is -0.277 e. The molecule has 2 rings (SSSR count). The number of hydrogen-bond donors (Lipinski definition) is 1. The predicted octanol–water partition coefficient (Wildman–Crippen LogP) is 6.15. The highest BCUT2D eigenvalue weighted by Crippen LogP contribution is 2.45. The molecule has 0 saturated carbocycles. The van der Waals surface area contributed by atoms with Crippen molar-refractivity contribution in [3.05, 3.63) is 22.3 Å². The second-order valence-electron chi connectivity index (χ2n) is 6.47. The number of pyridine rings is 1. The maximum Gasteiger partial charge on any atom is 0.252 e. The summed E-state index contributed by atoms with van der Waals surface area (Å²) >= 11 is 13.9. The van der Waals surface area contributed by atoms with Crippen molar-refractivity contribution in [2.45, 2.75) is 70.1 Å². The van der Waals surface area contributed by atoms with E-state index in [2.05, 4.69) is 24.3 Å². The Morgan fingerprint density at radius 1 is 1.20 bits per heavy atom. The van der Waals surface area contributed by atoms with E-state index in [-0.39, 0.29) is 10.8 Å². The smallest absolute Gasteiger partial charge is 0.252 e. The quantitative estimate of drug-likeness (QED) is 0.475. The molecule has 25 heavy (non-hydrogen) atoms. The van der Waals surface area contributed by atoms with Crippen LogP contribution in [0.3, 0.4) is 0 Å². The van der Waals surface area contributed by atoms with Crippen LogP contribution < -0.4 is 5.43 Å². The number of aromatic nitrogens is 1. The maximum atomic E-state index is 12.6. The van der Waals surface area contributed by atoms with Crippen LogP contribution in [-0.2, 0) is 4.79 Å². The van der Waals surface area contributed by atoms with Gasteiger partial charge < -0.3 is 0 Å². The van der Waals surface area contributed by atoms with Gasteiger partial charge in [0.15, 0.2) is 5.82 Å².